The highest BCUT2D eigenvalue weighted by molar-refractivity contribution is 6.23. The van der Waals surface area contributed by atoms with Crippen molar-refractivity contribution in [3.63, 3.8) is 0 Å². The van der Waals surface area contributed by atoms with Gasteiger partial charge < -0.3 is 18.0 Å². The van der Waals surface area contributed by atoms with Crippen molar-refractivity contribution in [2.75, 3.05) is 0 Å². The van der Waals surface area contributed by atoms with Crippen LogP contribution in [0.5, 0.6) is 0 Å². The maximum Gasteiger partial charge on any atom is 0.164 e. The number of para-hydroxylation sites is 2. The standard InChI is InChI=1S/2C57H36N4O/c1-4-13-37(14-5-1)40-23-25-42(26-24-40)55-58-56(44-20-12-19-43(35-44)39-17-8-3-9-18-39)60-57(59-55)45-29-34-52-50(36-45)49-33-32-48-47-21-10-11-22-51(47)61(53(48)54(49)62-52)46-30-27-41(28-31-46)38-15-6-2-7-16-38;1-4-12-37(13-5-1)40-20-24-43(25-21-40)55-58-56(44-26-22-41(23-27-44)38-14-6-2-7-15-38)60-57(59-55)45-30-35-52-50(36-45)49-34-33-48-47-18-10-11-19-51(47)61(53(48)54(49)62-52)46-31-28-42(29-32-46)39-16-8-3-9-17-39/h2*1-36H. The average molecular weight is 1590 g/mol. The predicted molar refractivity (Wildman–Crippen MR) is 508 cm³/mol. The first-order valence-corrected chi connectivity index (χ1v) is 41.7. The molecule has 10 nitrogen and oxygen atoms in total. The number of fused-ring (bicyclic) bond motifs is 14. The van der Waals surface area contributed by atoms with Gasteiger partial charge in [0.1, 0.15) is 11.2 Å². The van der Waals surface area contributed by atoms with E-state index in [1.54, 1.807) is 0 Å². The van der Waals surface area contributed by atoms with Gasteiger partial charge in [0.25, 0.3) is 0 Å². The summed E-state index contributed by atoms with van der Waals surface area (Å²) >= 11 is 0. The zero-order valence-electron chi connectivity index (χ0n) is 67.0. The zero-order chi connectivity index (χ0) is 82.0. The minimum absolute atomic E-state index is 0.590. The maximum absolute atomic E-state index is 6.86. The molecule has 0 aliphatic heterocycles. The zero-order valence-corrected chi connectivity index (χ0v) is 67.0. The molecule has 24 rings (SSSR count). The fraction of sp³-hybridized carbons (Fsp3) is 0. The van der Waals surface area contributed by atoms with E-state index >= 15 is 0 Å². The van der Waals surface area contributed by atoms with Gasteiger partial charge in [0.15, 0.2) is 46.1 Å². The first kappa shape index (κ1) is 72.4. The normalized spacial score (nSPS) is 11.5. The first-order chi connectivity index (χ1) is 61.4. The predicted octanol–water partition coefficient (Wildman–Crippen LogP) is 29.7. The SMILES string of the molecule is c1ccc(-c2ccc(-c3nc(-c4ccc(-c5ccccc5)cc4)nc(-c4ccc5oc6c(ccc7c8ccccc8n(-c8ccc(-c9ccccc9)cc8)c76)c5c4)n3)cc2)cc1.c1ccc(-c2ccc(-c3nc(-c4cccc(-c5ccccc5)c4)nc(-c4ccc5oc6c(ccc7c8ccccc8n(-c8ccc(-c9ccccc9)cc8)c76)c5c4)n3)cc2)cc1. The van der Waals surface area contributed by atoms with Crippen LogP contribution in [0.3, 0.4) is 0 Å². The summed E-state index contributed by atoms with van der Waals surface area (Å²) in [5.74, 6) is 3.62. The lowest BCUT2D eigenvalue weighted by atomic mass is 10.0. The fourth-order valence-electron chi connectivity index (χ4n) is 17.6. The minimum atomic E-state index is 0.590. The van der Waals surface area contributed by atoms with Gasteiger partial charge >= 0.3 is 0 Å². The smallest absolute Gasteiger partial charge is 0.164 e. The van der Waals surface area contributed by atoms with Crippen LogP contribution in [0.2, 0.25) is 0 Å². The van der Waals surface area contributed by atoms with E-state index in [1.165, 1.54) is 33.0 Å². The van der Waals surface area contributed by atoms with E-state index < -0.39 is 0 Å². The second-order valence-electron chi connectivity index (χ2n) is 31.2. The van der Waals surface area contributed by atoms with Gasteiger partial charge in [0.2, 0.25) is 0 Å². The molecule has 18 aromatic carbocycles. The number of aromatic nitrogens is 8. The lowest BCUT2D eigenvalue weighted by molar-refractivity contribution is 0.670. The maximum atomic E-state index is 6.86. The molecule has 0 unspecified atom stereocenters. The number of furan rings is 2. The van der Waals surface area contributed by atoms with E-state index in [0.717, 1.165) is 166 Å². The van der Waals surface area contributed by atoms with E-state index in [-0.39, 0.29) is 0 Å². The molecule has 0 saturated carbocycles. The molecule has 0 radical (unpaired) electrons. The molecule has 10 heteroatoms. The quantitative estimate of drug-likeness (QED) is 0.106. The Labute approximate surface area is 713 Å². The van der Waals surface area contributed by atoms with Crippen molar-refractivity contribution in [1.82, 2.24) is 39.0 Å². The molecule has 0 N–H and O–H groups in total. The highest BCUT2D eigenvalue weighted by atomic mass is 16.3. The molecule has 6 heterocycles. The molecule has 0 bridgehead atoms. The van der Waals surface area contributed by atoms with Gasteiger partial charge in [-0.25, -0.2) is 29.9 Å². The van der Waals surface area contributed by atoms with Gasteiger partial charge in [-0.3, -0.25) is 0 Å². The average Bonchev–Trinajstić information content (AvgIpc) is 1.56. The summed E-state index contributed by atoms with van der Waals surface area (Å²) in [5, 5.41) is 8.69. The Morgan fingerprint density at radius 2 is 0.387 bits per heavy atom. The molecule has 0 saturated heterocycles. The van der Waals surface area contributed by atoms with Crippen molar-refractivity contribution in [3.8, 4) is 146 Å². The third-order valence-corrected chi connectivity index (χ3v) is 23.8. The van der Waals surface area contributed by atoms with Crippen molar-refractivity contribution < 1.29 is 8.83 Å². The van der Waals surface area contributed by atoms with Crippen LogP contribution < -0.4 is 0 Å². The van der Waals surface area contributed by atoms with Gasteiger partial charge in [-0.2, -0.15) is 0 Å². The van der Waals surface area contributed by atoms with Crippen molar-refractivity contribution >= 4 is 87.5 Å². The minimum Gasteiger partial charge on any atom is -0.454 e. The molecule has 124 heavy (non-hydrogen) atoms. The Bertz CT molecular complexity index is 8040. The summed E-state index contributed by atoms with van der Waals surface area (Å²) in [6.07, 6.45) is 0. The monoisotopic (exact) mass is 1580 g/mol. The summed E-state index contributed by atoms with van der Waals surface area (Å²) in [5.41, 5.74) is 29.0. The van der Waals surface area contributed by atoms with Gasteiger partial charge in [0, 0.05) is 87.8 Å². The van der Waals surface area contributed by atoms with Crippen LogP contribution in [0.4, 0.5) is 0 Å². The summed E-state index contributed by atoms with van der Waals surface area (Å²) < 4.78 is 18.4. The molecular weight excluding hydrogens is 1510 g/mol. The Hall–Kier alpha value is -16.8. The number of benzene rings is 18. The Morgan fingerprint density at radius 3 is 0.718 bits per heavy atom. The van der Waals surface area contributed by atoms with Gasteiger partial charge in [-0.15, -0.1) is 0 Å². The van der Waals surface area contributed by atoms with Crippen molar-refractivity contribution in [2.45, 2.75) is 0 Å². The number of nitrogens with zero attached hydrogens (tertiary/aromatic N) is 8. The van der Waals surface area contributed by atoms with Crippen LogP contribution in [0, 0.1) is 0 Å². The fourth-order valence-corrected chi connectivity index (χ4v) is 17.6. The molecule has 24 aromatic rings. The van der Waals surface area contributed by atoms with Crippen LogP contribution in [0.25, 0.3) is 234 Å². The van der Waals surface area contributed by atoms with Crippen molar-refractivity contribution in [1.29, 1.82) is 0 Å². The summed E-state index contributed by atoms with van der Waals surface area (Å²) in [6.45, 7) is 0. The summed E-state index contributed by atoms with van der Waals surface area (Å²) in [6, 6.07) is 152. The van der Waals surface area contributed by atoms with Crippen LogP contribution >= 0.6 is 0 Å². The van der Waals surface area contributed by atoms with Gasteiger partial charge in [-0.1, -0.05) is 346 Å². The highest BCUT2D eigenvalue weighted by Crippen LogP contribution is 2.45. The first-order valence-electron chi connectivity index (χ1n) is 41.7. The van der Waals surface area contributed by atoms with Crippen LogP contribution in [0.1, 0.15) is 0 Å². The van der Waals surface area contributed by atoms with Gasteiger partial charge in [0.05, 0.1) is 22.1 Å². The molecule has 0 aliphatic rings. The second kappa shape index (κ2) is 30.8. The molecule has 0 spiro atoms. The van der Waals surface area contributed by atoms with Crippen LogP contribution in [-0.4, -0.2) is 39.0 Å². The topological polar surface area (TPSA) is 113 Å². The number of hydrogen-bond acceptors (Lipinski definition) is 8. The number of hydrogen-bond donors (Lipinski definition) is 0. The Morgan fingerprint density at radius 1 is 0.153 bits per heavy atom. The van der Waals surface area contributed by atoms with Crippen LogP contribution in [-0.2, 0) is 0 Å². The molecule has 580 valence electrons. The van der Waals surface area contributed by atoms with Crippen molar-refractivity contribution in [2.24, 2.45) is 0 Å². The Balaban J connectivity index is 0.000000143. The van der Waals surface area contributed by atoms with E-state index in [0.29, 0.717) is 34.9 Å². The van der Waals surface area contributed by atoms with E-state index in [2.05, 4.69) is 397 Å². The summed E-state index contributed by atoms with van der Waals surface area (Å²) in [7, 11) is 0. The number of rotatable bonds is 14. The third-order valence-electron chi connectivity index (χ3n) is 23.8. The molecular formula is C114H72N8O2. The highest BCUT2D eigenvalue weighted by Gasteiger charge is 2.25. The van der Waals surface area contributed by atoms with Crippen LogP contribution in [0.15, 0.2) is 446 Å². The second-order valence-corrected chi connectivity index (χ2v) is 31.2. The van der Waals surface area contributed by atoms with Gasteiger partial charge in [-0.05, 0) is 158 Å². The van der Waals surface area contributed by atoms with E-state index in [1.807, 2.05) is 48.5 Å². The largest absolute Gasteiger partial charge is 0.454 e. The van der Waals surface area contributed by atoms with Crippen molar-refractivity contribution in [3.05, 3.63) is 437 Å². The van der Waals surface area contributed by atoms with E-state index in [4.69, 9.17) is 38.7 Å². The molecule has 0 amide bonds. The molecule has 6 aromatic heterocycles. The molecule has 0 fully saturated rings. The molecule has 0 aliphatic carbocycles. The third kappa shape index (κ3) is 13.3. The lowest BCUT2D eigenvalue weighted by Crippen LogP contribution is -2.00. The molecule has 0 atom stereocenters. The summed E-state index contributed by atoms with van der Waals surface area (Å²) in [4.78, 5) is 30.8. The Kier molecular flexibility index (Phi) is 18.0. The van der Waals surface area contributed by atoms with E-state index in [9.17, 15) is 0 Å². The lowest BCUT2D eigenvalue weighted by Gasteiger charge is -2.10.